The Morgan fingerprint density at radius 3 is 2.47 bits per heavy atom. The van der Waals surface area contributed by atoms with Gasteiger partial charge in [-0.15, -0.1) is 0 Å². The zero-order valence-corrected chi connectivity index (χ0v) is 11.3. The van der Waals surface area contributed by atoms with Gasteiger partial charge in [-0.25, -0.2) is 0 Å². The number of hydrogen-bond acceptors (Lipinski definition) is 4. The molecule has 0 aliphatic rings. The highest BCUT2D eigenvalue weighted by atomic mass is 15.0. The maximum absolute atomic E-state index is 4.31. The molecule has 4 nitrogen and oxygen atoms in total. The average molecular weight is 236 g/mol. The molecule has 17 heavy (non-hydrogen) atoms. The van der Waals surface area contributed by atoms with E-state index in [1.807, 2.05) is 13.1 Å². The Kier molecular flexibility index (Phi) is 6.08. The lowest BCUT2D eigenvalue weighted by Gasteiger charge is -2.15. The molecule has 1 aromatic rings. The summed E-state index contributed by atoms with van der Waals surface area (Å²) in [7, 11) is 0. The maximum Gasteiger partial charge on any atom is 0.0724 e. The van der Waals surface area contributed by atoms with E-state index in [-0.39, 0.29) is 0 Å². The summed E-state index contributed by atoms with van der Waals surface area (Å²) in [6.07, 6.45) is 3.63. The van der Waals surface area contributed by atoms with E-state index in [0.717, 1.165) is 31.0 Å². The largest absolute Gasteiger partial charge is 0.315 e. The van der Waals surface area contributed by atoms with Gasteiger partial charge in [0, 0.05) is 31.5 Å². The summed E-state index contributed by atoms with van der Waals surface area (Å²) in [4.78, 5) is 8.54. The number of nitrogens with one attached hydrogen (secondary N) is 2. The molecule has 1 rings (SSSR count). The topological polar surface area (TPSA) is 49.8 Å². The van der Waals surface area contributed by atoms with E-state index in [2.05, 4.69) is 41.4 Å². The van der Waals surface area contributed by atoms with Gasteiger partial charge in [-0.3, -0.25) is 9.97 Å². The van der Waals surface area contributed by atoms with Crippen LogP contribution in [0.3, 0.4) is 0 Å². The Bertz CT molecular complexity index is 308. The Balaban J connectivity index is 2.19. The maximum atomic E-state index is 4.31. The number of hydrogen-bond donors (Lipinski definition) is 2. The minimum Gasteiger partial charge on any atom is -0.315 e. The molecule has 0 amide bonds. The molecule has 96 valence electrons. The molecule has 0 saturated heterocycles. The molecule has 1 unspecified atom stereocenters. The van der Waals surface area contributed by atoms with Crippen molar-refractivity contribution in [1.29, 1.82) is 0 Å². The molecular formula is C13H24N4. The number of aromatic nitrogens is 2. The summed E-state index contributed by atoms with van der Waals surface area (Å²) in [6.45, 7) is 11.4. The SMILES string of the molecule is Cc1cnc(CNC(C)CNCC(C)C)cn1. The first-order chi connectivity index (χ1) is 8.08. The highest BCUT2D eigenvalue weighted by molar-refractivity contribution is 5.00. The molecule has 0 aliphatic carbocycles. The van der Waals surface area contributed by atoms with Crippen molar-refractivity contribution < 1.29 is 0 Å². The van der Waals surface area contributed by atoms with E-state index in [4.69, 9.17) is 0 Å². The summed E-state index contributed by atoms with van der Waals surface area (Å²) in [6, 6.07) is 0.442. The molecule has 0 spiro atoms. The van der Waals surface area contributed by atoms with Crippen LogP contribution in [0.5, 0.6) is 0 Å². The summed E-state index contributed by atoms with van der Waals surface area (Å²) in [5.41, 5.74) is 1.95. The fraction of sp³-hybridized carbons (Fsp3) is 0.692. The van der Waals surface area contributed by atoms with Crippen LogP contribution in [0.25, 0.3) is 0 Å². The van der Waals surface area contributed by atoms with Gasteiger partial charge in [0.15, 0.2) is 0 Å². The van der Waals surface area contributed by atoms with Gasteiger partial charge in [0.25, 0.3) is 0 Å². The highest BCUT2D eigenvalue weighted by Gasteiger charge is 2.02. The Hall–Kier alpha value is -1.00. The first-order valence-electron chi connectivity index (χ1n) is 6.29. The standard InChI is InChI=1S/C13H24N4/c1-10(2)5-14-6-11(3)15-8-13-9-16-12(4)7-17-13/h7,9-11,14-15H,5-6,8H2,1-4H3. The number of nitrogens with zero attached hydrogens (tertiary/aromatic N) is 2. The fourth-order valence-electron chi connectivity index (χ4n) is 1.45. The molecule has 1 aromatic heterocycles. The minimum atomic E-state index is 0.442. The van der Waals surface area contributed by atoms with Gasteiger partial charge < -0.3 is 10.6 Å². The van der Waals surface area contributed by atoms with Gasteiger partial charge in [-0.2, -0.15) is 0 Å². The second-order valence-electron chi connectivity index (χ2n) is 4.98. The molecule has 0 aromatic carbocycles. The van der Waals surface area contributed by atoms with Gasteiger partial charge in [0.2, 0.25) is 0 Å². The highest BCUT2D eigenvalue weighted by Crippen LogP contribution is 1.94. The molecule has 0 aliphatic heterocycles. The second-order valence-corrected chi connectivity index (χ2v) is 4.98. The van der Waals surface area contributed by atoms with Gasteiger partial charge in [0.05, 0.1) is 11.4 Å². The minimum absolute atomic E-state index is 0.442. The monoisotopic (exact) mass is 236 g/mol. The predicted octanol–water partition coefficient (Wildman–Crippen LogP) is 1.51. The molecule has 4 heteroatoms. The molecule has 0 fully saturated rings. The first-order valence-corrected chi connectivity index (χ1v) is 6.29. The van der Waals surface area contributed by atoms with Crippen LogP contribution in [0.4, 0.5) is 0 Å². The van der Waals surface area contributed by atoms with Crippen molar-refractivity contribution in [2.45, 2.75) is 40.3 Å². The van der Waals surface area contributed by atoms with Gasteiger partial charge in [-0.1, -0.05) is 13.8 Å². The number of aryl methyl sites for hydroxylation is 1. The summed E-state index contributed by atoms with van der Waals surface area (Å²) < 4.78 is 0. The van der Waals surface area contributed by atoms with Crippen molar-refractivity contribution >= 4 is 0 Å². The molecule has 0 saturated carbocycles. The van der Waals surface area contributed by atoms with Crippen LogP contribution in [-0.2, 0) is 6.54 Å². The summed E-state index contributed by atoms with van der Waals surface area (Å²) >= 11 is 0. The van der Waals surface area contributed by atoms with Crippen molar-refractivity contribution in [3.63, 3.8) is 0 Å². The summed E-state index contributed by atoms with van der Waals surface area (Å²) in [5.74, 6) is 0.699. The van der Waals surface area contributed by atoms with Gasteiger partial charge in [0.1, 0.15) is 0 Å². The van der Waals surface area contributed by atoms with Crippen LogP contribution in [0.15, 0.2) is 12.4 Å². The zero-order chi connectivity index (χ0) is 12.7. The first kappa shape index (κ1) is 14.1. The van der Waals surface area contributed by atoms with E-state index in [0.29, 0.717) is 12.0 Å². The van der Waals surface area contributed by atoms with E-state index in [1.165, 1.54) is 0 Å². The summed E-state index contributed by atoms with van der Waals surface area (Å²) in [5, 5.41) is 6.86. The van der Waals surface area contributed by atoms with E-state index < -0.39 is 0 Å². The third-order valence-electron chi connectivity index (χ3n) is 2.47. The van der Waals surface area contributed by atoms with Crippen molar-refractivity contribution in [1.82, 2.24) is 20.6 Å². The van der Waals surface area contributed by atoms with Crippen molar-refractivity contribution in [2.24, 2.45) is 5.92 Å². The quantitative estimate of drug-likeness (QED) is 0.753. The van der Waals surface area contributed by atoms with Gasteiger partial charge >= 0.3 is 0 Å². The van der Waals surface area contributed by atoms with Crippen LogP contribution in [0.1, 0.15) is 32.2 Å². The molecule has 0 radical (unpaired) electrons. The second kappa shape index (κ2) is 7.35. The van der Waals surface area contributed by atoms with E-state index >= 15 is 0 Å². The normalized spacial score (nSPS) is 13.0. The molecular weight excluding hydrogens is 212 g/mol. The lowest BCUT2D eigenvalue weighted by Crippen LogP contribution is -2.37. The molecule has 2 N–H and O–H groups in total. The van der Waals surface area contributed by atoms with Crippen LogP contribution in [0.2, 0.25) is 0 Å². The van der Waals surface area contributed by atoms with Crippen molar-refractivity contribution in [3.8, 4) is 0 Å². The van der Waals surface area contributed by atoms with Crippen LogP contribution in [0, 0.1) is 12.8 Å². The molecule has 0 bridgehead atoms. The van der Waals surface area contributed by atoms with Crippen LogP contribution in [-0.4, -0.2) is 29.1 Å². The van der Waals surface area contributed by atoms with Crippen LogP contribution >= 0.6 is 0 Å². The van der Waals surface area contributed by atoms with Crippen molar-refractivity contribution in [2.75, 3.05) is 13.1 Å². The average Bonchev–Trinajstić information content (AvgIpc) is 2.28. The smallest absolute Gasteiger partial charge is 0.0724 e. The van der Waals surface area contributed by atoms with Crippen molar-refractivity contribution in [3.05, 3.63) is 23.8 Å². The Morgan fingerprint density at radius 1 is 1.12 bits per heavy atom. The predicted molar refractivity (Wildman–Crippen MR) is 70.8 cm³/mol. The zero-order valence-electron chi connectivity index (χ0n) is 11.3. The Morgan fingerprint density at radius 2 is 1.88 bits per heavy atom. The van der Waals surface area contributed by atoms with E-state index in [9.17, 15) is 0 Å². The Labute approximate surface area is 104 Å². The lowest BCUT2D eigenvalue weighted by molar-refractivity contribution is 0.469. The lowest BCUT2D eigenvalue weighted by atomic mass is 10.2. The third kappa shape index (κ3) is 6.34. The third-order valence-corrected chi connectivity index (χ3v) is 2.47. The van der Waals surface area contributed by atoms with Gasteiger partial charge in [-0.05, 0) is 26.3 Å². The fourth-order valence-corrected chi connectivity index (χ4v) is 1.45. The number of rotatable bonds is 7. The van der Waals surface area contributed by atoms with Crippen LogP contribution < -0.4 is 10.6 Å². The molecule has 1 heterocycles. The van der Waals surface area contributed by atoms with E-state index in [1.54, 1.807) is 6.20 Å². The molecule has 1 atom stereocenters.